The van der Waals surface area contributed by atoms with Gasteiger partial charge in [0.15, 0.2) is 0 Å². The van der Waals surface area contributed by atoms with Crippen molar-refractivity contribution in [3.63, 3.8) is 0 Å². The van der Waals surface area contributed by atoms with Crippen molar-refractivity contribution < 1.29 is 0 Å². The van der Waals surface area contributed by atoms with Crippen LogP contribution in [0.4, 0.5) is 0 Å². The van der Waals surface area contributed by atoms with Gasteiger partial charge in [-0.05, 0) is 24.7 Å². The molecule has 0 saturated heterocycles. The summed E-state index contributed by atoms with van der Waals surface area (Å²) in [5, 5.41) is 12.4. The molecule has 0 aromatic rings. The molecule has 1 N–H and O–H groups in total. The van der Waals surface area contributed by atoms with E-state index in [9.17, 15) is 0 Å². The lowest BCUT2D eigenvalue weighted by Crippen LogP contribution is -2.45. The molecule has 0 heterocycles. The Labute approximate surface area is 87.7 Å². The molecule has 14 heavy (non-hydrogen) atoms. The smallest absolute Gasteiger partial charge is 0.0952 e. The van der Waals surface area contributed by atoms with Crippen LogP contribution in [0, 0.1) is 23.2 Å². The van der Waals surface area contributed by atoms with Gasteiger partial charge in [0.25, 0.3) is 0 Å². The summed E-state index contributed by atoms with van der Waals surface area (Å²) >= 11 is 0. The number of nitrogens with zero attached hydrogens (tertiary/aromatic N) is 1. The maximum atomic E-state index is 8.90. The van der Waals surface area contributed by atoms with Crippen LogP contribution >= 0.6 is 0 Å². The number of rotatable bonds is 3. The first-order valence-corrected chi connectivity index (χ1v) is 5.84. The van der Waals surface area contributed by atoms with Crippen LogP contribution < -0.4 is 5.32 Å². The summed E-state index contributed by atoms with van der Waals surface area (Å²) in [4.78, 5) is 0. The largest absolute Gasteiger partial charge is 0.299 e. The highest BCUT2D eigenvalue weighted by Crippen LogP contribution is 2.29. The highest BCUT2D eigenvalue weighted by molar-refractivity contribution is 4.93. The molecule has 1 aliphatic carbocycles. The Balaban J connectivity index is 2.47. The molecule has 4 atom stereocenters. The van der Waals surface area contributed by atoms with E-state index >= 15 is 0 Å². The first-order chi connectivity index (χ1) is 6.69. The minimum Gasteiger partial charge on any atom is -0.299 e. The van der Waals surface area contributed by atoms with Crippen LogP contribution in [-0.4, -0.2) is 12.1 Å². The van der Waals surface area contributed by atoms with E-state index in [1.165, 1.54) is 19.3 Å². The Bertz CT molecular complexity index is 207. The van der Waals surface area contributed by atoms with Crippen molar-refractivity contribution in [3.05, 3.63) is 0 Å². The molecule has 80 valence electrons. The van der Waals surface area contributed by atoms with Gasteiger partial charge in [0.2, 0.25) is 0 Å². The van der Waals surface area contributed by atoms with Gasteiger partial charge in [-0.2, -0.15) is 5.26 Å². The molecule has 0 spiro atoms. The third kappa shape index (κ3) is 2.72. The van der Waals surface area contributed by atoms with E-state index < -0.39 is 0 Å². The minimum atomic E-state index is 0.0488. The third-order valence-electron chi connectivity index (χ3n) is 3.69. The molecule has 1 rings (SSSR count). The van der Waals surface area contributed by atoms with Crippen molar-refractivity contribution in [2.24, 2.45) is 11.8 Å². The monoisotopic (exact) mass is 194 g/mol. The summed E-state index contributed by atoms with van der Waals surface area (Å²) in [5.74, 6) is 1.52. The van der Waals surface area contributed by atoms with Gasteiger partial charge < -0.3 is 0 Å². The molecular formula is C12H22N2. The van der Waals surface area contributed by atoms with Crippen LogP contribution in [0.25, 0.3) is 0 Å². The number of nitriles is 1. The first kappa shape index (κ1) is 11.5. The van der Waals surface area contributed by atoms with Gasteiger partial charge in [-0.15, -0.1) is 0 Å². The predicted molar refractivity (Wildman–Crippen MR) is 58.8 cm³/mol. The molecule has 2 nitrogen and oxygen atoms in total. The normalized spacial score (nSPS) is 34.9. The Morgan fingerprint density at radius 1 is 1.43 bits per heavy atom. The van der Waals surface area contributed by atoms with Crippen molar-refractivity contribution in [2.75, 3.05) is 0 Å². The minimum absolute atomic E-state index is 0.0488. The standard InChI is InChI=1S/C12H22N2/c1-4-11(8-13)14-12-7-5-6-9(2)10(12)3/h9-12,14H,4-7H2,1-3H3. The quantitative estimate of drug-likeness (QED) is 0.750. The molecule has 4 unspecified atom stereocenters. The van der Waals surface area contributed by atoms with Gasteiger partial charge in [0, 0.05) is 6.04 Å². The average Bonchev–Trinajstić information content (AvgIpc) is 2.20. The molecule has 1 aliphatic rings. The molecule has 1 saturated carbocycles. The summed E-state index contributed by atoms with van der Waals surface area (Å²) in [5.41, 5.74) is 0. The Kier molecular flexibility index (Phi) is 4.41. The topological polar surface area (TPSA) is 35.8 Å². The molecule has 0 aromatic heterocycles. The van der Waals surface area contributed by atoms with E-state index in [1.807, 2.05) is 0 Å². The summed E-state index contributed by atoms with van der Waals surface area (Å²) in [6, 6.07) is 2.93. The van der Waals surface area contributed by atoms with Crippen molar-refractivity contribution >= 4 is 0 Å². The fraction of sp³-hybridized carbons (Fsp3) is 0.917. The van der Waals surface area contributed by atoms with Gasteiger partial charge >= 0.3 is 0 Å². The van der Waals surface area contributed by atoms with Crippen LogP contribution in [0.1, 0.15) is 46.5 Å². The zero-order chi connectivity index (χ0) is 10.6. The zero-order valence-electron chi connectivity index (χ0n) is 9.59. The highest BCUT2D eigenvalue weighted by Gasteiger charge is 2.27. The van der Waals surface area contributed by atoms with Gasteiger partial charge in [-0.3, -0.25) is 5.32 Å². The van der Waals surface area contributed by atoms with Crippen LogP contribution in [-0.2, 0) is 0 Å². The number of hydrogen-bond acceptors (Lipinski definition) is 2. The van der Waals surface area contributed by atoms with E-state index in [1.54, 1.807) is 0 Å². The maximum Gasteiger partial charge on any atom is 0.0952 e. The van der Waals surface area contributed by atoms with Crippen molar-refractivity contribution in [1.29, 1.82) is 5.26 Å². The molecule has 0 amide bonds. The summed E-state index contributed by atoms with van der Waals surface area (Å²) in [6.45, 7) is 6.70. The van der Waals surface area contributed by atoms with Gasteiger partial charge in [0.1, 0.15) is 0 Å². The van der Waals surface area contributed by atoms with E-state index in [4.69, 9.17) is 5.26 Å². The second-order valence-electron chi connectivity index (χ2n) is 4.63. The van der Waals surface area contributed by atoms with Gasteiger partial charge in [-0.25, -0.2) is 0 Å². The predicted octanol–water partition coefficient (Wildman–Crippen LogP) is 2.70. The van der Waals surface area contributed by atoms with Crippen LogP contribution in [0.2, 0.25) is 0 Å². The molecule has 0 aromatic carbocycles. The summed E-state index contributed by atoms with van der Waals surface area (Å²) < 4.78 is 0. The molecular weight excluding hydrogens is 172 g/mol. The SMILES string of the molecule is CCC(C#N)NC1CCCC(C)C1C. The van der Waals surface area contributed by atoms with E-state index in [0.717, 1.165) is 12.3 Å². The molecule has 2 heteroatoms. The second-order valence-corrected chi connectivity index (χ2v) is 4.63. The van der Waals surface area contributed by atoms with E-state index in [-0.39, 0.29) is 6.04 Å². The van der Waals surface area contributed by atoms with Crippen LogP contribution in [0.15, 0.2) is 0 Å². The van der Waals surface area contributed by atoms with E-state index in [0.29, 0.717) is 12.0 Å². The molecule has 0 aliphatic heterocycles. The lowest BCUT2D eigenvalue weighted by Gasteiger charge is -2.35. The lowest BCUT2D eigenvalue weighted by molar-refractivity contribution is 0.200. The Hall–Kier alpha value is -0.550. The Morgan fingerprint density at radius 2 is 2.14 bits per heavy atom. The fourth-order valence-electron chi connectivity index (χ4n) is 2.32. The average molecular weight is 194 g/mol. The van der Waals surface area contributed by atoms with Gasteiger partial charge in [0.05, 0.1) is 12.1 Å². The first-order valence-electron chi connectivity index (χ1n) is 5.84. The van der Waals surface area contributed by atoms with Crippen molar-refractivity contribution in [2.45, 2.75) is 58.5 Å². The van der Waals surface area contributed by atoms with Crippen LogP contribution in [0.3, 0.4) is 0 Å². The van der Waals surface area contributed by atoms with Gasteiger partial charge in [-0.1, -0.05) is 33.6 Å². The lowest BCUT2D eigenvalue weighted by atomic mass is 9.78. The third-order valence-corrected chi connectivity index (χ3v) is 3.69. The van der Waals surface area contributed by atoms with Crippen LogP contribution in [0.5, 0.6) is 0 Å². The van der Waals surface area contributed by atoms with Crippen molar-refractivity contribution in [3.8, 4) is 6.07 Å². The molecule has 0 bridgehead atoms. The summed E-state index contributed by atoms with van der Waals surface area (Å²) in [7, 11) is 0. The highest BCUT2D eigenvalue weighted by atomic mass is 15.0. The Morgan fingerprint density at radius 3 is 2.71 bits per heavy atom. The zero-order valence-corrected chi connectivity index (χ0v) is 9.59. The molecule has 0 radical (unpaired) electrons. The summed E-state index contributed by atoms with van der Waals surface area (Å²) in [6.07, 6.45) is 4.81. The van der Waals surface area contributed by atoms with E-state index in [2.05, 4.69) is 32.2 Å². The number of nitrogens with one attached hydrogen (secondary N) is 1. The molecule has 1 fully saturated rings. The van der Waals surface area contributed by atoms with Crippen molar-refractivity contribution in [1.82, 2.24) is 5.32 Å². The number of hydrogen-bond donors (Lipinski definition) is 1. The fourth-order valence-corrected chi connectivity index (χ4v) is 2.32. The maximum absolute atomic E-state index is 8.90. The second kappa shape index (κ2) is 5.36.